The third kappa shape index (κ3) is 3.08. The topological polar surface area (TPSA) is 9.23 Å². The van der Waals surface area contributed by atoms with Crippen LogP contribution in [0.15, 0.2) is 73.5 Å². The fraction of sp³-hybridized carbons (Fsp3) is 0.0667. The predicted molar refractivity (Wildman–Crippen MR) is 74.6 cm³/mol. The average molecular weight is 240 g/mol. The molecule has 0 amide bonds. The van der Waals surface area contributed by atoms with Crippen molar-refractivity contribution in [2.24, 2.45) is 0 Å². The predicted octanol–water partition coefficient (Wildman–Crippen LogP) is 3.02. The lowest BCUT2D eigenvalue weighted by Gasteiger charge is -2.16. The van der Waals surface area contributed by atoms with Crippen LogP contribution in [0.1, 0.15) is 16.7 Å². The molecule has 2 rings (SSSR count). The minimum atomic E-state index is -0.689. The smallest absolute Gasteiger partial charge is 0.230 e. The molecule has 2 aromatic carbocycles. The van der Waals surface area contributed by atoms with Crippen LogP contribution in [0.2, 0.25) is 0 Å². The van der Waals surface area contributed by atoms with E-state index < -0.39 is 9.76 Å². The quantitative estimate of drug-likeness (QED) is 0.576. The van der Waals surface area contributed by atoms with Crippen molar-refractivity contribution in [2.45, 2.75) is 5.54 Å². The zero-order chi connectivity index (χ0) is 11.9. The second kappa shape index (κ2) is 6.06. The molecule has 2 aromatic rings. The zero-order valence-electron chi connectivity index (χ0n) is 9.75. The molecule has 86 valence electrons. The second-order valence-corrected chi connectivity index (χ2v) is 5.36. The third-order valence-electron chi connectivity index (χ3n) is 2.78. The molecule has 0 fully saturated rings. The van der Waals surface area contributed by atoms with Gasteiger partial charge in [-0.15, -0.1) is 0 Å². The Hall–Kier alpha value is -1.80. The summed E-state index contributed by atoms with van der Waals surface area (Å²) in [6, 6.07) is 21.0. The largest absolute Gasteiger partial charge is 0.554 e. The van der Waals surface area contributed by atoms with Crippen LogP contribution in [-0.2, 0) is 4.43 Å². The molecule has 0 aliphatic carbocycles. The summed E-state index contributed by atoms with van der Waals surface area (Å²) in [6.07, 6.45) is 1.56. The van der Waals surface area contributed by atoms with Crippen molar-refractivity contribution in [2.75, 3.05) is 0 Å². The van der Waals surface area contributed by atoms with Gasteiger partial charge >= 0.3 is 0 Å². The minimum Gasteiger partial charge on any atom is -0.554 e. The van der Waals surface area contributed by atoms with Crippen molar-refractivity contribution >= 4 is 9.76 Å². The third-order valence-corrected chi connectivity index (χ3v) is 4.49. The summed E-state index contributed by atoms with van der Waals surface area (Å²) in [6.45, 7) is 3.63. The van der Waals surface area contributed by atoms with Crippen LogP contribution < -0.4 is 0 Å². The van der Waals surface area contributed by atoms with E-state index in [4.69, 9.17) is 4.43 Å². The van der Waals surface area contributed by atoms with Crippen LogP contribution in [-0.4, -0.2) is 9.76 Å². The molecular formula is C15H16OSi. The first-order chi connectivity index (χ1) is 8.42. The maximum atomic E-state index is 5.51. The Labute approximate surface area is 105 Å². The Morgan fingerprint density at radius 1 is 0.882 bits per heavy atom. The van der Waals surface area contributed by atoms with E-state index in [1.54, 1.807) is 6.26 Å². The van der Waals surface area contributed by atoms with Crippen molar-refractivity contribution in [3.63, 3.8) is 0 Å². The molecule has 17 heavy (non-hydrogen) atoms. The van der Waals surface area contributed by atoms with E-state index in [-0.39, 0.29) is 0 Å². The first kappa shape index (κ1) is 11.7. The lowest BCUT2D eigenvalue weighted by atomic mass is 10.0. The Morgan fingerprint density at radius 3 is 1.76 bits per heavy atom. The fourth-order valence-electron chi connectivity index (χ4n) is 1.92. The van der Waals surface area contributed by atoms with Crippen molar-refractivity contribution < 1.29 is 4.43 Å². The first-order valence-electron chi connectivity index (χ1n) is 5.74. The van der Waals surface area contributed by atoms with Gasteiger partial charge in [0.1, 0.15) is 0 Å². The Morgan fingerprint density at radius 2 is 1.35 bits per heavy atom. The highest BCUT2D eigenvalue weighted by Crippen LogP contribution is 2.23. The van der Waals surface area contributed by atoms with Crippen LogP contribution in [0.5, 0.6) is 0 Å². The Balaban J connectivity index is 2.29. The van der Waals surface area contributed by atoms with E-state index in [1.807, 2.05) is 12.1 Å². The first-order valence-corrected chi connectivity index (χ1v) is 7.13. The van der Waals surface area contributed by atoms with Gasteiger partial charge in [-0.25, -0.2) is 0 Å². The number of rotatable bonds is 5. The Kier molecular flexibility index (Phi) is 4.16. The monoisotopic (exact) mass is 240 g/mol. The second-order valence-electron chi connectivity index (χ2n) is 3.87. The molecule has 0 radical (unpaired) electrons. The molecule has 0 unspecified atom stereocenters. The summed E-state index contributed by atoms with van der Waals surface area (Å²) in [5.41, 5.74) is 3.05. The minimum absolute atomic E-state index is 0.399. The van der Waals surface area contributed by atoms with E-state index in [0.29, 0.717) is 5.54 Å². The average Bonchev–Trinajstić information content (AvgIpc) is 2.42. The van der Waals surface area contributed by atoms with Gasteiger partial charge in [-0.3, -0.25) is 0 Å². The van der Waals surface area contributed by atoms with Crippen molar-refractivity contribution in [1.82, 2.24) is 0 Å². The highest BCUT2D eigenvalue weighted by Gasteiger charge is 2.14. The van der Waals surface area contributed by atoms with Gasteiger partial charge in [-0.1, -0.05) is 67.2 Å². The van der Waals surface area contributed by atoms with Gasteiger partial charge in [0.15, 0.2) is 0 Å². The number of hydrogen-bond acceptors (Lipinski definition) is 1. The van der Waals surface area contributed by atoms with Gasteiger partial charge < -0.3 is 4.43 Å². The highest BCUT2D eigenvalue weighted by molar-refractivity contribution is 6.31. The van der Waals surface area contributed by atoms with Crippen LogP contribution in [0.4, 0.5) is 0 Å². The van der Waals surface area contributed by atoms with Crippen LogP contribution in [0.3, 0.4) is 0 Å². The molecule has 0 aromatic heterocycles. The van der Waals surface area contributed by atoms with E-state index in [9.17, 15) is 0 Å². The van der Waals surface area contributed by atoms with Crippen LogP contribution in [0, 0.1) is 0 Å². The lowest BCUT2D eigenvalue weighted by molar-refractivity contribution is 0.509. The summed E-state index contributed by atoms with van der Waals surface area (Å²) in [7, 11) is -0.689. The van der Waals surface area contributed by atoms with Gasteiger partial charge in [0, 0.05) is 5.54 Å². The molecule has 0 spiro atoms. The normalized spacial score (nSPS) is 10.9. The van der Waals surface area contributed by atoms with Gasteiger partial charge in [0.2, 0.25) is 9.76 Å². The lowest BCUT2D eigenvalue weighted by Crippen LogP contribution is -2.11. The summed E-state index contributed by atoms with van der Waals surface area (Å²) < 4.78 is 5.51. The zero-order valence-corrected chi connectivity index (χ0v) is 11.2. The van der Waals surface area contributed by atoms with Gasteiger partial charge in [0.05, 0.1) is 6.26 Å². The molecule has 0 atom stereocenters. The molecular weight excluding hydrogens is 224 g/mol. The van der Waals surface area contributed by atoms with Crippen LogP contribution >= 0.6 is 0 Å². The summed E-state index contributed by atoms with van der Waals surface area (Å²) in [5.74, 6) is 0. The maximum absolute atomic E-state index is 5.51. The van der Waals surface area contributed by atoms with E-state index in [1.165, 1.54) is 11.1 Å². The van der Waals surface area contributed by atoms with Crippen molar-refractivity contribution in [3.05, 3.63) is 84.6 Å². The van der Waals surface area contributed by atoms with Gasteiger partial charge in [-0.05, 0) is 11.1 Å². The summed E-state index contributed by atoms with van der Waals surface area (Å²) >= 11 is 0. The molecule has 0 bridgehead atoms. The van der Waals surface area contributed by atoms with Crippen molar-refractivity contribution in [1.29, 1.82) is 0 Å². The summed E-state index contributed by atoms with van der Waals surface area (Å²) in [4.78, 5) is 0. The molecule has 0 saturated carbocycles. The fourth-order valence-corrected chi connectivity index (χ4v) is 3.18. The molecule has 2 heteroatoms. The Bertz CT molecular complexity index is 413. The van der Waals surface area contributed by atoms with E-state index >= 15 is 0 Å². The molecule has 0 aliphatic rings. The molecule has 0 heterocycles. The number of hydrogen-bond donors (Lipinski definition) is 0. The molecule has 0 N–H and O–H groups in total. The van der Waals surface area contributed by atoms with E-state index in [0.717, 1.165) is 0 Å². The van der Waals surface area contributed by atoms with Crippen LogP contribution in [0.25, 0.3) is 0 Å². The number of benzene rings is 2. The van der Waals surface area contributed by atoms with Gasteiger partial charge in [0.25, 0.3) is 0 Å². The van der Waals surface area contributed by atoms with Crippen molar-refractivity contribution in [3.8, 4) is 0 Å². The molecule has 0 aliphatic heterocycles. The molecule has 0 saturated heterocycles. The SMILES string of the molecule is C=CO[SiH2]C(c1ccccc1)c1ccccc1. The summed E-state index contributed by atoms with van der Waals surface area (Å²) in [5, 5.41) is 0. The van der Waals surface area contributed by atoms with E-state index in [2.05, 4.69) is 55.1 Å². The van der Waals surface area contributed by atoms with Gasteiger partial charge in [-0.2, -0.15) is 0 Å². The highest BCUT2D eigenvalue weighted by atomic mass is 28.2. The standard InChI is InChI=1S/C15H16OSi/c1-2-16-17-15(13-9-5-3-6-10-13)14-11-7-4-8-12-14/h2-12,15H,1,17H2. The maximum Gasteiger partial charge on any atom is 0.230 e. The molecule has 1 nitrogen and oxygen atoms in total.